The van der Waals surface area contributed by atoms with E-state index >= 15 is 0 Å². The summed E-state index contributed by atoms with van der Waals surface area (Å²) in [5.41, 5.74) is 4.51. The van der Waals surface area contributed by atoms with Crippen LogP contribution in [-0.4, -0.2) is 19.9 Å². The first-order valence-electron chi connectivity index (χ1n) is 8.90. The molecule has 2 heterocycles. The molecule has 9 heteroatoms. The molecule has 0 amide bonds. The van der Waals surface area contributed by atoms with E-state index in [9.17, 15) is 10.1 Å². The maximum atomic E-state index is 11.8. The molecule has 0 aliphatic heterocycles. The third kappa shape index (κ3) is 3.59. The van der Waals surface area contributed by atoms with Gasteiger partial charge in [0.25, 0.3) is 0 Å². The molecule has 0 fully saturated rings. The predicted molar refractivity (Wildman–Crippen MR) is 116 cm³/mol. The Hall–Kier alpha value is -3.59. The van der Waals surface area contributed by atoms with Gasteiger partial charge >= 0.3 is 5.69 Å². The van der Waals surface area contributed by atoms with Crippen LogP contribution in [0.1, 0.15) is 16.7 Å². The van der Waals surface area contributed by atoms with Crippen molar-refractivity contribution in [3.05, 3.63) is 69.5 Å². The van der Waals surface area contributed by atoms with E-state index in [1.165, 1.54) is 17.7 Å². The third-order valence-electron chi connectivity index (χ3n) is 4.71. The smallest absolute Gasteiger partial charge is 0.334 e. The largest absolute Gasteiger partial charge is 0.353 e. The second-order valence-electron chi connectivity index (χ2n) is 6.61. The van der Waals surface area contributed by atoms with Crippen LogP contribution in [0.5, 0.6) is 0 Å². The van der Waals surface area contributed by atoms with Crippen LogP contribution in [0.3, 0.4) is 0 Å². The van der Waals surface area contributed by atoms with Gasteiger partial charge in [-0.3, -0.25) is 10.1 Å². The Balaban J connectivity index is 1.74. The lowest BCUT2D eigenvalue weighted by atomic mass is 10.1. The number of thiazole rings is 1. The Kier molecular flexibility index (Phi) is 4.81. The lowest BCUT2D eigenvalue weighted by molar-refractivity contribution is -0.383. The van der Waals surface area contributed by atoms with Crippen molar-refractivity contribution in [3.8, 4) is 0 Å². The van der Waals surface area contributed by atoms with Crippen LogP contribution in [0.4, 0.5) is 28.1 Å². The maximum absolute atomic E-state index is 11.8. The van der Waals surface area contributed by atoms with E-state index in [1.807, 2.05) is 57.2 Å². The van der Waals surface area contributed by atoms with Crippen molar-refractivity contribution in [2.24, 2.45) is 0 Å². The molecular formula is C20H18N6O2S. The van der Waals surface area contributed by atoms with E-state index in [4.69, 9.17) is 0 Å². The van der Waals surface area contributed by atoms with Gasteiger partial charge in [0.05, 0.1) is 15.1 Å². The summed E-state index contributed by atoms with van der Waals surface area (Å²) >= 11 is 1.42. The van der Waals surface area contributed by atoms with Crippen LogP contribution in [0, 0.1) is 30.9 Å². The zero-order chi connectivity index (χ0) is 20.5. The number of para-hydroxylation sites is 1. The fraction of sp³-hybridized carbons (Fsp3) is 0.150. The van der Waals surface area contributed by atoms with E-state index in [1.54, 1.807) is 0 Å². The second-order valence-corrected chi connectivity index (χ2v) is 7.65. The summed E-state index contributed by atoms with van der Waals surface area (Å²) in [6, 6.07) is 11.6. The first-order valence-corrected chi connectivity index (χ1v) is 9.71. The first kappa shape index (κ1) is 18.8. The van der Waals surface area contributed by atoms with Crippen molar-refractivity contribution in [3.63, 3.8) is 0 Å². The summed E-state index contributed by atoms with van der Waals surface area (Å²) in [6.45, 7) is 5.91. The Morgan fingerprint density at radius 3 is 2.38 bits per heavy atom. The average molecular weight is 406 g/mol. The molecule has 0 aliphatic carbocycles. The molecule has 0 bridgehead atoms. The highest BCUT2D eigenvalue weighted by Crippen LogP contribution is 2.36. The monoisotopic (exact) mass is 406 g/mol. The standard InChI is InChI=1S/C20H18N6O2S/c1-11-6-4-8-14(13(11)3)23-18-17(26(27)28)19(22-10-21-18)25-20-24-16-12(2)7-5-9-15(16)29-20/h4-10H,1-3H3,(H2,21,22,23,24,25). The highest BCUT2D eigenvalue weighted by molar-refractivity contribution is 7.22. The van der Waals surface area contributed by atoms with E-state index in [0.717, 1.165) is 32.6 Å². The topological polar surface area (TPSA) is 106 Å². The van der Waals surface area contributed by atoms with E-state index in [0.29, 0.717) is 5.13 Å². The molecule has 146 valence electrons. The lowest BCUT2D eigenvalue weighted by Crippen LogP contribution is -2.06. The van der Waals surface area contributed by atoms with Gasteiger partial charge < -0.3 is 10.6 Å². The third-order valence-corrected chi connectivity index (χ3v) is 5.64. The van der Waals surface area contributed by atoms with Gasteiger partial charge in [-0.2, -0.15) is 0 Å². The summed E-state index contributed by atoms with van der Waals surface area (Å²) < 4.78 is 0.998. The second kappa shape index (κ2) is 7.44. The van der Waals surface area contributed by atoms with Gasteiger partial charge in [0.15, 0.2) is 5.13 Å². The SMILES string of the molecule is Cc1cccc(Nc2ncnc(Nc3nc4c(C)cccc4s3)c2[N+](=O)[O-])c1C. The lowest BCUT2D eigenvalue weighted by Gasteiger charge is -2.12. The number of nitrogens with one attached hydrogen (secondary N) is 2. The zero-order valence-corrected chi connectivity index (χ0v) is 16.9. The van der Waals surface area contributed by atoms with Gasteiger partial charge in [-0.05, 0) is 49.6 Å². The number of hydrogen-bond acceptors (Lipinski definition) is 8. The number of rotatable bonds is 5. The van der Waals surface area contributed by atoms with Crippen LogP contribution in [0.15, 0.2) is 42.7 Å². The van der Waals surface area contributed by atoms with E-state index in [-0.39, 0.29) is 17.3 Å². The molecule has 4 aromatic rings. The fourth-order valence-corrected chi connectivity index (χ4v) is 3.93. The average Bonchev–Trinajstić information content (AvgIpc) is 3.09. The van der Waals surface area contributed by atoms with Crippen LogP contribution < -0.4 is 10.6 Å². The molecule has 29 heavy (non-hydrogen) atoms. The van der Waals surface area contributed by atoms with Gasteiger partial charge in [-0.1, -0.05) is 35.6 Å². The van der Waals surface area contributed by atoms with Gasteiger partial charge in [0.2, 0.25) is 11.6 Å². The molecule has 0 spiro atoms. The van der Waals surface area contributed by atoms with E-state index in [2.05, 4.69) is 25.6 Å². The highest BCUT2D eigenvalue weighted by atomic mass is 32.1. The Morgan fingerprint density at radius 2 is 1.66 bits per heavy atom. The minimum Gasteiger partial charge on any atom is -0.334 e. The molecule has 0 radical (unpaired) electrons. The van der Waals surface area contributed by atoms with Gasteiger partial charge in [0, 0.05) is 5.69 Å². The molecular weight excluding hydrogens is 388 g/mol. The predicted octanol–water partition coefficient (Wildman–Crippen LogP) is 5.41. The molecule has 0 aliphatic rings. The molecule has 0 atom stereocenters. The molecule has 2 aromatic carbocycles. The van der Waals surface area contributed by atoms with Crippen LogP contribution in [-0.2, 0) is 0 Å². The first-order chi connectivity index (χ1) is 13.9. The summed E-state index contributed by atoms with van der Waals surface area (Å²) in [5.74, 6) is 0.216. The number of nitro groups is 1. The van der Waals surface area contributed by atoms with Crippen molar-refractivity contribution in [1.29, 1.82) is 0 Å². The zero-order valence-electron chi connectivity index (χ0n) is 16.1. The summed E-state index contributed by atoms with van der Waals surface area (Å²) in [7, 11) is 0. The quantitative estimate of drug-likeness (QED) is 0.337. The summed E-state index contributed by atoms with van der Waals surface area (Å²) in [6.07, 6.45) is 1.29. The maximum Gasteiger partial charge on any atom is 0.353 e. The number of fused-ring (bicyclic) bond motifs is 1. The molecule has 0 saturated carbocycles. The van der Waals surface area contributed by atoms with Crippen molar-refractivity contribution in [2.45, 2.75) is 20.8 Å². The number of aryl methyl sites for hydroxylation is 2. The molecule has 2 aromatic heterocycles. The number of hydrogen-bond donors (Lipinski definition) is 2. The molecule has 4 rings (SSSR count). The van der Waals surface area contributed by atoms with Gasteiger partial charge in [-0.15, -0.1) is 0 Å². The van der Waals surface area contributed by atoms with Crippen molar-refractivity contribution in [1.82, 2.24) is 15.0 Å². The Bertz CT molecular complexity index is 1240. The normalized spacial score (nSPS) is 10.9. The fourth-order valence-electron chi connectivity index (χ4n) is 2.99. The number of anilines is 4. The van der Waals surface area contributed by atoms with Crippen LogP contribution in [0.2, 0.25) is 0 Å². The van der Waals surface area contributed by atoms with Crippen molar-refractivity contribution < 1.29 is 4.92 Å². The summed E-state index contributed by atoms with van der Waals surface area (Å²) in [5, 5.41) is 18.4. The molecule has 2 N–H and O–H groups in total. The molecule has 0 unspecified atom stereocenters. The minimum absolute atomic E-state index is 0.0921. The molecule has 8 nitrogen and oxygen atoms in total. The Morgan fingerprint density at radius 1 is 0.966 bits per heavy atom. The van der Waals surface area contributed by atoms with Crippen LogP contribution >= 0.6 is 11.3 Å². The molecule has 0 saturated heterocycles. The van der Waals surface area contributed by atoms with Gasteiger partial charge in [0.1, 0.15) is 6.33 Å². The number of aromatic nitrogens is 3. The minimum atomic E-state index is -0.492. The van der Waals surface area contributed by atoms with Crippen molar-refractivity contribution in [2.75, 3.05) is 10.6 Å². The number of nitrogens with zero attached hydrogens (tertiary/aromatic N) is 4. The summed E-state index contributed by atoms with van der Waals surface area (Å²) in [4.78, 5) is 24.1. The highest BCUT2D eigenvalue weighted by Gasteiger charge is 2.24. The van der Waals surface area contributed by atoms with Gasteiger partial charge in [-0.25, -0.2) is 15.0 Å². The van der Waals surface area contributed by atoms with Crippen LogP contribution in [0.25, 0.3) is 10.2 Å². The Labute approximate surface area is 170 Å². The number of benzene rings is 2. The van der Waals surface area contributed by atoms with Crippen molar-refractivity contribution >= 4 is 49.7 Å². The van der Waals surface area contributed by atoms with E-state index < -0.39 is 4.92 Å².